The van der Waals surface area contributed by atoms with Crippen molar-refractivity contribution in [3.05, 3.63) is 83.9 Å². The number of nitriles is 1. The number of carbonyl (C=O) groups is 1. The van der Waals surface area contributed by atoms with Crippen LogP contribution in [0.3, 0.4) is 0 Å². The molecule has 0 spiro atoms. The predicted molar refractivity (Wildman–Crippen MR) is 123 cm³/mol. The van der Waals surface area contributed by atoms with Crippen molar-refractivity contribution in [2.24, 2.45) is 0 Å². The van der Waals surface area contributed by atoms with Crippen LogP contribution in [0.25, 0.3) is 22.3 Å². The van der Waals surface area contributed by atoms with Gasteiger partial charge in [-0.05, 0) is 54.1 Å². The second kappa shape index (κ2) is 9.38. The van der Waals surface area contributed by atoms with Crippen LogP contribution in [0.4, 0.5) is 11.4 Å². The number of carboxylic acids is 1. The van der Waals surface area contributed by atoms with Gasteiger partial charge in [0.1, 0.15) is 11.3 Å². The number of nitrogens with one attached hydrogen (secondary N) is 1. The topological polar surface area (TPSA) is 95.5 Å². The third kappa shape index (κ3) is 4.64. The van der Waals surface area contributed by atoms with Crippen LogP contribution >= 0.6 is 0 Å². The fourth-order valence-electron chi connectivity index (χ4n) is 3.72. The molecule has 0 bridgehead atoms. The zero-order chi connectivity index (χ0) is 22.5. The molecule has 1 unspecified atom stereocenters. The Kier molecular flexibility index (Phi) is 6.20. The molecular formula is C26H22N2O4. The number of anilines is 2. The molecule has 4 aromatic rings. The Balaban J connectivity index is 1.78. The summed E-state index contributed by atoms with van der Waals surface area (Å²) in [5.74, 6) is -0.464. The van der Waals surface area contributed by atoms with E-state index in [1.807, 2.05) is 60.7 Å². The molecule has 0 fully saturated rings. The van der Waals surface area contributed by atoms with E-state index in [-0.39, 0.29) is 12.3 Å². The van der Waals surface area contributed by atoms with E-state index in [0.717, 1.165) is 33.5 Å². The summed E-state index contributed by atoms with van der Waals surface area (Å²) in [5, 5.41) is 22.8. The third-order valence-electron chi connectivity index (χ3n) is 5.29. The molecule has 0 saturated carbocycles. The van der Waals surface area contributed by atoms with Crippen LogP contribution in [0, 0.1) is 11.3 Å². The van der Waals surface area contributed by atoms with Crippen LogP contribution in [0.5, 0.6) is 0 Å². The van der Waals surface area contributed by atoms with E-state index in [0.29, 0.717) is 17.9 Å². The average molecular weight is 426 g/mol. The zero-order valence-corrected chi connectivity index (χ0v) is 17.5. The van der Waals surface area contributed by atoms with Gasteiger partial charge in [-0.15, -0.1) is 0 Å². The summed E-state index contributed by atoms with van der Waals surface area (Å²) in [4.78, 5) is 11.4. The van der Waals surface area contributed by atoms with Crippen molar-refractivity contribution in [3.8, 4) is 17.4 Å². The molecular weight excluding hydrogens is 404 g/mol. The lowest BCUT2D eigenvalue weighted by Crippen LogP contribution is -2.12. The van der Waals surface area contributed by atoms with Crippen molar-refractivity contribution in [2.45, 2.75) is 12.3 Å². The summed E-state index contributed by atoms with van der Waals surface area (Å²) < 4.78 is 11.3. The Labute approximate surface area is 185 Å². The maximum absolute atomic E-state index is 11.4. The van der Waals surface area contributed by atoms with Crippen molar-refractivity contribution in [1.82, 2.24) is 0 Å². The Morgan fingerprint density at radius 1 is 1.12 bits per heavy atom. The number of fused-ring (bicyclic) bond motifs is 1. The van der Waals surface area contributed by atoms with E-state index in [1.54, 1.807) is 19.2 Å². The van der Waals surface area contributed by atoms with E-state index in [2.05, 4.69) is 11.4 Å². The second-order valence-electron chi connectivity index (χ2n) is 7.52. The van der Waals surface area contributed by atoms with Crippen molar-refractivity contribution >= 4 is 28.3 Å². The normalized spacial score (nSPS) is 11.8. The minimum absolute atomic E-state index is 0.0336. The largest absolute Gasteiger partial charge is 0.481 e. The lowest BCUT2D eigenvalue weighted by Gasteiger charge is -2.18. The summed E-state index contributed by atoms with van der Waals surface area (Å²) in [6, 6.07) is 24.8. The first-order chi connectivity index (χ1) is 15.6. The van der Waals surface area contributed by atoms with Crippen LogP contribution in [0.2, 0.25) is 0 Å². The van der Waals surface area contributed by atoms with Crippen molar-refractivity contribution < 1.29 is 19.1 Å². The quantitative estimate of drug-likeness (QED) is 0.363. The van der Waals surface area contributed by atoms with Crippen molar-refractivity contribution in [1.29, 1.82) is 5.26 Å². The first kappa shape index (κ1) is 21.2. The van der Waals surface area contributed by atoms with Crippen molar-refractivity contribution in [3.63, 3.8) is 0 Å². The molecule has 3 aromatic carbocycles. The van der Waals surface area contributed by atoms with Gasteiger partial charge in [-0.1, -0.05) is 24.3 Å². The van der Waals surface area contributed by atoms with E-state index in [4.69, 9.17) is 14.4 Å². The van der Waals surface area contributed by atoms with Crippen molar-refractivity contribution in [2.75, 3.05) is 19.0 Å². The van der Waals surface area contributed by atoms with E-state index in [1.165, 1.54) is 0 Å². The molecule has 0 saturated heterocycles. The van der Waals surface area contributed by atoms with Crippen LogP contribution < -0.4 is 5.32 Å². The summed E-state index contributed by atoms with van der Waals surface area (Å²) in [7, 11) is 1.56. The molecule has 6 heteroatoms. The number of furan rings is 1. The highest BCUT2D eigenvalue weighted by Gasteiger charge is 2.19. The minimum Gasteiger partial charge on any atom is -0.481 e. The monoisotopic (exact) mass is 426 g/mol. The number of aliphatic carboxylic acids is 1. The predicted octanol–water partition coefficient (Wildman–Crippen LogP) is 5.92. The van der Waals surface area contributed by atoms with Gasteiger partial charge in [0, 0.05) is 35.4 Å². The molecule has 1 aromatic heterocycles. The number of hydrogen-bond donors (Lipinski definition) is 2. The molecule has 0 amide bonds. The molecule has 160 valence electrons. The first-order valence-corrected chi connectivity index (χ1v) is 10.2. The van der Waals surface area contributed by atoms with Gasteiger partial charge in [0.2, 0.25) is 0 Å². The van der Waals surface area contributed by atoms with E-state index in [9.17, 15) is 9.90 Å². The molecule has 6 nitrogen and oxygen atoms in total. The molecule has 1 atom stereocenters. The Hall–Kier alpha value is -4.08. The molecule has 0 aliphatic rings. The number of carboxylic acid groups (broad SMARTS) is 1. The number of methoxy groups -OCH3 is 1. The molecule has 32 heavy (non-hydrogen) atoms. The number of nitrogens with zero attached hydrogens (tertiary/aromatic N) is 1. The van der Waals surface area contributed by atoms with Crippen LogP contribution in [0.1, 0.15) is 23.5 Å². The summed E-state index contributed by atoms with van der Waals surface area (Å²) >= 11 is 0. The lowest BCUT2D eigenvalue weighted by molar-refractivity contribution is -0.137. The van der Waals surface area contributed by atoms with Gasteiger partial charge >= 0.3 is 5.97 Å². The number of hydrogen-bond acceptors (Lipinski definition) is 5. The van der Waals surface area contributed by atoms with Gasteiger partial charge in [-0.3, -0.25) is 4.79 Å². The lowest BCUT2D eigenvalue weighted by atomic mass is 9.94. The van der Waals surface area contributed by atoms with Crippen LogP contribution in [-0.2, 0) is 9.53 Å². The fourth-order valence-corrected chi connectivity index (χ4v) is 3.72. The SMILES string of the molecule is COCC(CC(=O)O)c1ccc(-c2cc3ccccc3o2)c(Nc2ccc(C#N)cc2)c1. The highest BCUT2D eigenvalue weighted by Crippen LogP contribution is 2.37. The van der Waals surface area contributed by atoms with Gasteiger partial charge < -0.3 is 19.6 Å². The number of benzene rings is 3. The Morgan fingerprint density at radius 3 is 2.59 bits per heavy atom. The zero-order valence-electron chi connectivity index (χ0n) is 17.5. The molecule has 0 radical (unpaired) electrons. The molecule has 1 heterocycles. The van der Waals surface area contributed by atoms with Gasteiger partial charge in [0.15, 0.2) is 0 Å². The first-order valence-electron chi connectivity index (χ1n) is 10.2. The molecule has 2 N–H and O–H groups in total. The van der Waals surface area contributed by atoms with Gasteiger partial charge in [0.25, 0.3) is 0 Å². The number of ether oxygens (including phenoxy) is 1. The minimum atomic E-state index is -0.880. The average Bonchev–Trinajstić information content (AvgIpc) is 3.23. The fraction of sp³-hybridized carbons (Fsp3) is 0.154. The summed E-state index contributed by atoms with van der Waals surface area (Å²) in [5.41, 5.74) is 4.64. The Bertz CT molecular complexity index is 1250. The molecule has 4 rings (SSSR count). The van der Waals surface area contributed by atoms with E-state index >= 15 is 0 Å². The van der Waals surface area contributed by atoms with Gasteiger partial charge in [-0.25, -0.2) is 0 Å². The third-order valence-corrected chi connectivity index (χ3v) is 5.29. The van der Waals surface area contributed by atoms with E-state index < -0.39 is 5.97 Å². The maximum atomic E-state index is 11.4. The van der Waals surface area contributed by atoms with Gasteiger partial charge in [-0.2, -0.15) is 5.26 Å². The highest BCUT2D eigenvalue weighted by molar-refractivity contribution is 5.87. The Morgan fingerprint density at radius 2 is 1.91 bits per heavy atom. The maximum Gasteiger partial charge on any atom is 0.304 e. The van der Waals surface area contributed by atoms with Crippen LogP contribution in [0.15, 0.2) is 77.2 Å². The standard InChI is InChI=1S/C26H22N2O4/c1-31-16-20(14-26(29)30)18-8-11-22(25-13-19-4-2-3-5-24(19)32-25)23(12-18)28-21-9-6-17(15-27)7-10-21/h2-13,20,28H,14,16H2,1H3,(H,29,30). The molecule has 0 aliphatic heterocycles. The van der Waals surface area contributed by atoms with Gasteiger partial charge in [0.05, 0.1) is 24.7 Å². The summed E-state index contributed by atoms with van der Waals surface area (Å²) in [6.07, 6.45) is -0.0336. The number of rotatable bonds is 8. The smallest absolute Gasteiger partial charge is 0.304 e. The summed E-state index contributed by atoms with van der Waals surface area (Å²) in [6.45, 7) is 0.298. The van der Waals surface area contributed by atoms with Crippen LogP contribution in [-0.4, -0.2) is 24.8 Å². The molecule has 0 aliphatic carbocycles. The highest BCUT2D eigenvalue weighted by atomic mass is 16.5. The second-order valence-corrected chi connectivity index (χ2v) is 7.52. The number of para-hydroxylation sites is 1.